The molecule has 0 unspecified atom stereocenters. The van der Waals surface area contributed by atoms with Crippen LogP contribution in [0.2, 0.25) is 0 Å². The summed E-state index contributed by atoms with van der Waals surface area (Å²) >= 11 is 1.49. The molecule has 0 fully saturated rings. The number of nitrogens with zero attached hydrogens (tertiary/aromatic N) is 1. The van der Waals surface area contributed by atoms with E-state index in [4.69, 9.17) is 4.74 Å². The Morgan fingerprint density at radius 3 is 2.55 bits per heavy atom. The summed E-state index contributed by atoms with van der Waals surface area (Å²) in [5.74, 6) is -0.165. The molecule has 0 aliphatic heterocycles. The van der Waals surface area contributed by atoms with Gasteiger partial charge in [0.25, 0.3) is 5.91 Å². The van der Waals surface area contributed by atoms with Gasteiger partial charge in [-0.3, -0.25) is 20.4 Å². The van der Waals surface area contributed by atoms with Crippen molar-refractivity contribution >= 4 is 23.2 Å². The van der Waals surface area contributed by atoms with Crippen molar-refractivity contribution in [1.82, 2.24) is 15.8 Å². The maximum absolute atomic E-state index is 12.1. The van der Waals surface area contributed by atoms with Crippen LogP contribution in [0.3, 0.4) is 0 Å². The first kappa shape index (κ1) is 20.5. The van der Waals surface area contributed by atoms with E-state index in [-0.39, 0.29) is 18.9 Å². The van der Waals surface area contributed by atoms with Crippen LogP contribution in [-0.2, 0) is 16.0 Å². The molecule has 1 heterocycles. The van der Waals surface area contributed by atoms with Gasteiger partial charge in [-0.05, 0) is 50.1 Å². The first-order chi connectivity index (χ1) is 13.9. The van der Waals surface area contributed by atoms with E-state index in [1.165, 1.54) is 11.3 Å². The summed E-state index contributed by atoms with van der Waals surface area (Å²) in [6.45, 7) is 5.83. The number of thiazole rings is 1. The zero-order chi connectivity index (χ0) is 20.8. The minimum Gasteiger partial charge on any atom is -0.484 e. The lowest BCUT2D eigenvalue weighted by atomic mass is 10.1. The predicted molar refractivity (Wildman–Crippen MR) is 114 cm³/mol. The van der Waals surface area contributed by atoms with E-state index in [2.05, 4.69) is 21.9 Å². The fourth-order valence-electron chi connectivity index (χ4n) is 2.64. The minimum atomic E-state index is -0.435. The Morgan fingerprint density at radius 1 is 1.00 bits per heavy atom. The van der Waals surface area contributed by atoms with Crippen molar-refractivity contribution in [2.24, 2.45) is 0 Å². The smallest absolute Gasteiger partial charge is 0.276 e. The summed E-state index contributed by atoms with van der Waals surface area (Å²) in [5, 5.41) is 2.71. The number of nitrogens with one attached hydrogen (secondary N) is 2. The van der Waals surface area contributed by atoms with Crippen molar-refractivity contribution in [2.75, 3.05) is 6.61 Å². The van der Waals surface area contributed by atoms with Gasteiger partial charge in [0, 0.05) is 10.9 Å². The van der Waals surface area contributed by atoms with Crippen molar-refractivity contribution in [3.8, 4) is 16.3 Å². The van der Waals surface area contributed by atoms with E-state index in [1.807, 2.05) is 62.5 Å². The van der Waals surface area contributed by atoms with Gasteiger partial charge in [0.2, 0.25) is 5.91 Å². The first-order valence-corrected chi connectivity index (χ1v) is 10.1. The van der Waals surface area contributed by atoms with E-state index in [9.17, 15) is 9.59 Å². The lowest BCUT2D eigenvalue weighted by molar-refractivity contribution is -0.129. The lowest BCUT2D eigenvalue weighted by Gasteiger charge is -2.09. The number of amides is 2. The number of aryl methyl sites for hydroxylation is 3. The van der Waals surface area contributed by atoms with Gasteiger partial charge in [-0.15, -0.1) is 11.3 Å². The molecule has 0 atom stereocenters. The zero-order valence-corrected chi connectivity index (χ0v) is 17.4. The zero-order valence-electron chi connectivity index (χ0n) is 16.6. The standard InChI is InChI=1S/C22H23N3O3S/c1-14-5-4-6-17(9-14)22-23-18(13-29-22)11-20(26)24-25-21(27)12-28-19-8-7-15(2)16(3)10-19/h4-10,13H,11-12H2,1-3H3,(H,24,26)(H,25,27). The molecule has 29 heavy (non-hydrogen) atoms. The average Bonchev–Trinajstić information content (AvgIpc) is 3.16. The number of hydrogen-bond donors (Lipinski definition) is 2. The molecule has 2 N–H and O–H groups in total. The summed E-state index contributed by atoms with van der Waals surface area (Å²) in [6, 6.07) is 13.7. The molecule has 3 aromatic rings. The maximum Gasteiger partial charge on any atom is 0.276 e. The van der Waals surface area contributed by atoms with Crippen molar-refractivity contribution in [2.45, 2.75) is 27.2 Å². The van der Waals surface area contributed by atoms with Gasteiger partial charge in [-0.1, -0.05) is 29.8 Å². The minimum absolute atomic E-state index is 0.0839. The highest BCUT2D eigenvalue weighted by molar-refractivity contribution is 7.13. The molecule has 0 radical (unpaired) electrons. The van der Waals surface area contributed by atoms with Crippen LogP contribution in [0.1, 0.15) is 22.4 Å². The molecule has 150 valence electrons. The van der Waals surface area contributed by atoms with Gasteiger partial charge < -0.3 is 4.74 Å². The Hall–Kier alpha value is -3.19. The van der Waals surface area contributed by atoms with Crippen LogP contribution < -0.4 is 15.6 Å². The molecule has 7 heteroatoms. The quantitative estimate of drug-likeness (QED) is 0.611. The largest absolute Gasteiger partial charge is 0.484 e. The summed E-state index contributed by atoms with van der Waals surface area (Å²) in [4.78, 5) is 28.5. The second-order valence-electron chi connectivity index (χ2n) is 6.82. The molecule has 0 spiro atoms. The number of benzene rings is 2. The highest BCUT2D eigenvalue weighted by atomic mass is 32.1. The third-order valence-electron chi connectivity index (χ3n) is 4.35. The Balaban J connectivity index is 1.45. The van der Waals surface area contributed by atoms with Gasteiger partial charge in [0.1, 0.15) is 10.8 Å². The fourth-order valence-corrected chi connectivity index (χ4v) is 3.45. The SMILES string of the molecule is Cc1cccc(-c2nc(CC(=O)NNC(=O)COc3ccc(C)c(C)c3)cs2)c1. The molecular formula is C22H23N3O3S. The molecular weight excluding hydrogens is 386 g/mol. The Morgan fingerprint density at radius 2 is 1.79 bits per heavy atom. The lowest BCUT2D eigenvalue weighted by Crippen LogP contribution is -2.44. The number of rotatable bonds is 6. The van der Waals surface area contributed by atoms with Crippen LogP contribution in [0, 0.1) is 20.8 Å². The van der Waals surface area contributed by atoms with Crippen LogP contribution in [0.25, 0.3) is 10.6 Å². The van der Waals surface area contributed by atoms with Crippen molar-refractivity contribution in [1.29, 1.82) is 0 Å². The van der Waals surface area contributed by atoms with E-state index in [1.54, 1.807) is 0 Å². The summed E-state index contributed by atoms with van der Waals surface area (Å²) in [7, 11) is 0. The second kappa shape index (κ2) is 9.34. The van der Waals surface area contributed by atoms with Crippen LogP contribution in [0.4, 0.5) is 0 Å². The van der Waals surface area contributed by atoms with Gasteiger partial charge in [0.05, 0.1) is 12.1 Å². The molecule has 1 aromatic heterocycles. The van der Waals surface area contributed by atoms with Gasteiger partial charge >= 0.3 is 0 Å². The number of hydrogen-bond acceptors (Lipinski definition) is 5. The van der Waals surface area contributed by atoms with Crippen molar-refractivity contribution in [3.05, 3.63) is 70.2 Å². The third kappa shape index (κ3) is 5.89. The van der Waals surface area contributed by atoms with Gasteiger partial charge in [-0.25, -0.2) is 4.98 Å². The number of carbonyl (C=O) groups is 2. The van der Waals surface area contributed by atoms with E-state index in [0.29, 0.717) is 11.4 Å². The molecule has 2 aromatic carbocycles. The van der Waals surface area contributed by atoms with Crippen molar-refractivity contribution in [3.63, 3.8) is 0 Å². The Labute approximate surface area is 173 Å². The topological polar surface area (TPSA) is 80.3 Å². The highest BCUT2D eigenvalue weighted by Crippen LogP contribution is 2.24. The maximum atomic E-state index is 12.1. The van der Waals surface area contributed by atoms with Crippen LogP contribution in [0.5, 0.6) is 5.75 Å². The van der Waals surface area contributed by atoms with Crippen molar-refractivity contribution < 1.29 is 14.3 Å². The molecule has 0 bridgehead atoms. The number of ether oxygens (including phenoxy) is 1. The van der Waals surface area contributed by atoms with Crippen LogP contribution >= 0.6 is 11.3 Å². The Bertz CT molecular complexity index is 1030. The van der Waals surface area contributed by atoms with E-state index < -0.39 is 5.91 Å². The molecule has 2 amide bonds. The monoisotopic (exact) mass is 409 g/mol. The predicted octanol–water partition coefficient (Wildman–Crippen LogP) is 3.50. The normalized spacial score (nSPS) is 10.4. The summed E-state index contributed by atoms with van der Waals surface area (Å²) in [5.41, 5.74) is 9.83. The molecule has 3 rings (SSSR count). The van der Waals surface area contributed by atoms with Crippen LogP contribution in [-0.4, -0.2) is 23.4 Å². The van der Waals surface area contributed by atoms with E-state index in [0.717, 1.165) is 27.3 Å². The molecule has 0 aliphatic carbocycles. The Kier molecular flexibility index (Phi) is 6.61. The first-order valence-electron chi connectivity index (χ1n) is 9.20. The number of aromatic nitrogens is 1. The van der Waals surface area contributed by atoms with Crippen LogP contribution in [0.15, 0.2) is 47.8 Å². The second-order valence-corrected chi connectivity index (χ2v) is 7.68. The van der Waals surface area contributed by atoms with Gasteiger partial charge in [0.15, 0.2) is 6.61 Å². The fraction of sp³-hybridized carbons (Fsp3) is 0.227. The highest BCUT2D eigenvalue weighted by Gasteiger charge is 2.11. The third-order valence-corrected chi connectivity index (χ3v) is 5.29. The molecule has 0 saturated heterocycles. The molecule has 0 saturated carbocycles. The number of hydrazine groups is 1. The average molecular weight is 410 g/mol. The van der Waals surface area contributed by atoms with E-state index >= 15 is 0 Å². The summed E-state index contributed by atoms with van der Waals surface area (Å²) in [6.07, 6.45) is 0.0839. The molecule has 0 aliphatic rings. The summed E-state index contributed by atoms with van der Waals surface area (Å²) < 4.78 is 5.44. The number of carbonyl (C=O) groups excluding carboxylic acids is 2. The molecule has 6 nitrogen and oxygen atoms in total. The van der Waals surface area contributed by atoms with Gasteiger partial charge in [-0.2, -0.15) is 0 Å².